The van der Waals surface area contributed by atoms with Crippen LogP contribution >= 0.6 is 0 Å². The van der Waals surface area contributed by atoms with Crippen LogP contribution in [0.4, 0.5) is 0 Å². The first-order chi connectivity index (χ1) is 10.3. The molecule has 0 atom stereocenters. The molecular formula is C15H28N6. The summed E-state index contributed by atoms with van der Waals surface area (Å²) in [5.41, 5.74) is 0. The van der Waals surface area contributed by atoms with Crippen molar-refractivity contribution < 1.29 is 0 Å². The van der Waals surface area contributed by atoms with Gasteiger partial charge in [0.05, 0.1) is 6.54 Å². The van der Waals surface area contributed by atoms with Crippen molar-refractivity contribution in [2.24, 2.45) is 0 Å². The maximum Gasteiger partial charge on any atom is 0.140 e. The molecule has 0 spiro atoms. The summed E-state index contributed by atoms with van der Waals surface area (Å²) in [6.07, 6.45) is 4.34. The first-order valence-corrected chi connectivity index (χ1v) is 8.28. The lowest BCUT2D eigenvalue weighted by molar-refractivity contribution is 0.0603. The Balaban J connectivity index is 1.47. The third-order valence-electron chi connectivity index (χ3n) is 4.97. The van der Waals surface area contributed by atoms with E-state index in [2.05, 4.69) is 38.8 Å². The molecule has 0 unspecified atom stereocenters. The van der Waals surface area contributed by atoms with Crippen LogP contribution in [-0.4, -0.2) is 81.8 Å². The van der Waals surface area contributed by atoms with Gasteiger partial charge in [-0.3, -0.25) is 9.80 Å². The Morgan fingerprint density at radius 1 is 1.10 bits per heavy atom. The van der Waals surface area contributed by atoms with E-state index in [1.165, 1.54) is 39.0 Å². The van der Waals surface area contributed by atoms with E-state index in [9.17, 15) is 0 Å². The normalized spacial score (nSPS) is 23.7. The van der Waals surface area contributed by atoms with Crippen molar-refractivity contribution in [2.75, 3.05) is 46.3 Å². The van der Waals surface area contributed by atoms with Crippen LogP contribution in [0.2, 0.25) is 0 Å². The first-order valence-electron chi connectivity index (χ1n) is 8.28. The maximum absolute atomic E-state index is 4.39. The Hall–Kier alpha value is -0.980. The molecule has 2 aliphatic rings. The number of piperazine rings is 1. The topological polar surface area (TPSA) is 40.4 Å². The number of likely N-dealkylation sites (tertiary alicyclic amines) is 1. The fourth-order valence-corrected chi connectivity index (χ4v) is 3.52. The molecule has 0 N–H and O–H groups in total. The van der Waals surface area contributed by atoms with E-state index in [0.717, 1.165) is 38.0 Å². The summed E-state index contributed by atoms with van der Waals surface area (Å²) in [7, 11) is 2.23. The fourth-order valence-electron chi connectivity index (χ4n) is 3.52. The molecule has 2 fully saturated rings. The minimum atomic E-state index is 0.808. The van der Waals surface area contributed by atoms with Crippen molar-refractivity contribution >= 4 is 0 Å². The molecule has 1 aromatic heterocycles. The van der Waals surface area contributed by atoms with Crippen molar-refractivity contribution in [2.45, 2.75) is 38.9 Å². The molecule has 118 valence electrons. The molecule has 21 heavy (non-hydrogen) atoms. The number of aromatic nitrogens is 3. The summed E-state index contributed by atoms with van der Waals surface area (Å²) in [4.78, 5) is 12.1. The molecule has 3 rings (SSSR count). The molecule has 0 amide bonds. The molecule has 0 aromatic carbocycles. The van der Waals surface area contributed by atoms with Gasteiger partial charge in [-0.25, -0.2) is 9.67 Å². The highest BCUT2D eigenvalue weighted by Crippen LogP contribution is 2.18. The third-order valence-corrected chi connectivity index (χ3v) is 4.97. The van der Waals surface area contributed by atoms with Gasteiger partial charge in [0, 0.05) is 38.8 Å². The molecule has 2 saturated heterocycles. The molecule has 6 nitrogen and oxygen atoms in total. The van der Waals surface area contributed by atoms with E-state index >= 15 is 0 Å². The Morgan fingerprint density at radius 2 is 1.81 bits per heavy atom. The monoisotopic (exact) mass is 292 g/mol. The van der Waals surface area contributed by atoms with Crippen LogP contribution in [0.25, 0.3) is 0 Å². The van der Waals surface area contributed by atoms with Gasteiger partial charge >= 0.3 is 0 Å². The van der Waals surface area contributed by atoms with Gasteiger partial charge in [-0.15, -0.1) is 0 Å². The van der Waals surface area contributed by atoms with Crippen molar-refractivity contribution in [1.82, 2.24) is 29.5 Å². The lowest BCUT2D eigenvalue weighted by atomic mass is 10.0. The van der Waals surface area contributed by atoms with Gasteiger partial charge in [0.25, 0.3) is 0 Å². The third kappa shape index (κ3) is 3.62. The lowest BCUT2D eigenvalue weighted by Gasteiger charge is -2.42. The molecule has 0 bridgehead atoms. The van der Waals surface area contributed by atoms with Gasteiger partial charge in [-0.05, 0) is 39.9 Å². The second-order valence-electron chi connectivity index (χ2n) is 6.34. The van der Waals surface area contributed by atoms with Crippen LogP contribution in [0.5, 0.6) is 0 Å². The standard InChI is InChI=1S/C15H28N6/c1-3-21-15(16-13-17-21)12-19-8-10-20(11-9-19)14-4-6-18(2)7-5-14/h13-14H,3-12H2,1-2H3. The summed E-state index contributed by atoms with van der Waals surface area (Å²) in [5, 5.41) is 4.26. The average Bonchev–Trinajstić information content (AvgIpc) is 2.96. The molecule has 0 aliphatic carbocycles. The van der Waals surface area contributed by atoms with Crippen LogP contribution in [0.3, 0.4) is 0 Å². The number of hydrogen-bond donors (Lipinski definition) is 0. The van der Waals surface area contributed by atoms with Gasteiger partial charge in [0.1, 0.15) is 12.2 Å². The molecule has 6 heteroatoms. The van der Waals surface area contributed by atoms with Crippen molar-refractivity contribution in [3.8, 4) is 0 Å². The quantitative estimate of drug-likeness (QED) is 0.809. The largest absolute Gasteiger partial charge is 0.306 e. The Labute approximate surface area is 127 Å². The molecule has 0 saturated carbocycles. The second kappa shape index (κ2) is 6.85. The van der Waals surface area contributed by atoms with Crippen LogP contribution in [-0.2, 0) is 13.1 Å². The number of hydrogen-bond acceptors (Lipinski definition) is 5. The van der Waals surface area contributed by atoms with Crippen LogP contribution in [0.1, 0.15) is 25.6 Å². The molecule has 3 heterocycles. The SMILES string of the molecule is CCn1ncnc1CN1CCN(C2CCN(C)CC2)CC1. The minimum absolute atomic E-state index is 0.808. The van der Waals surface area contributed by atoms with Crippen LogP contribution in [0.15, 0.2) is 6.33 Å². The predicted octanol–water partition coefficient (Wildman–Crippen LogP) is 0.510. The summed E-state index contributed by atoms with van der Waals surface area (Å²) < 4.78 is 2.00. The second-order valence-corrected chi connectivity index (χ2v) is 6.34. The molecule has 0 radical (unpaired) electrons. The average molecular weight is 292 g/mol. The van der Waals surface area contributed by atoms with Gasteiger partial charge in [0.15, 0.2) is 0 Å². The Kier molecular flexibility index (Phi) is 4.87. The molecule has 2 aliphatic heterocycles. The van der Waals surface area contributed by atoms with E-state index in [1.54, 1.807) is 6.33 Å². The summed E-state index contributed by atoms with van der Waals surface area (Å²) in [6.45, 7) is 11.2. The maximum atomic E-state index is 4.39. The predicted molar refractivity (Wildman–Crippen MR) is 83.1 cm³/mol. The first kappa shape index (κ1) is 14.9. The molecule has 1 aromatic rings. The zero-order valence-corrected chi connectivity index (χ0v) is 13.4. The summed E-state index contributed by atoms with van der Waals surface area (Å²) in [5.74, 6) is 1.10. The number of nitrogens with zero attached hydrogens (tertiary/aromatic N) is 6. The van der Waals surface area contributed by atoms with E-state index in [1.807, 2.05) is 4.68 Å². The smallest absolute Gasteiger partial charge is 0.140 e. The highest BCUT2D eigenvalue weighted by Gasteiger charge is 2.26. The molecular weight excluding hydrogens is 264 g/mol. The number of rotatable bonds is 4. The summed E-state index contributed by atoms with van der Waals surface area (Å²) >= 11 is 0. The summed E-state index contributed by atoms with van der Waals surface area (Å²) in [6, 6.07) is 0.808. The lowest BCUT2D eigenvalue weighted by Crippen LogP contribution is -2.52. The number of aryl methyl sites for hydroxylation is 1. The van der Waals surface area contributed by atoms with E-state index in [4.69, 9.17) is 0 Å². The van der Waals surface area contributed by atoms with E-state index in [-0.39, 0.29) is 0 Å². The van der Waals surface area contributed by atoms with Crippen molar-refractivity contribution in [1.29, 1.82) is 0 Å². The fraction of sp³-hybridized carbons (Fsp3) is 0.867. The van der Waals surface area contributed by atoms with Gasteiger partial charge < -0.3 is 4.90 Å². The number of piperidine rings is 1. The highest BCUT2D eigenvalue weighted by atomic mass is 15.4. The Morgan fingerprint density at radius 3 is 2.48 bits per heavy atom. The zero-order valence-electron chi connectivity index (χ0n) is 13.4. The van der Waals surface area contributed by atoms with Crippen molar-refractivity contribution in [3.05, 3.63) is 12.2 Å². The Bertz CT molecular complexity index is 429. The van der Waals surface area contributed by atoms with Gasteiger partial charge in [-0.2, -0.15) is 5.10 Å². The zero-order chi connectivity index (χ0) is 14.7. The van der Waals surface area contributed by atoms with Crippen molar-refractivity contribution in [3.63, 3.8) is 0 Å². The van der Waals surface area contributed by atoms with Gasteiger partial charge in [0.2, 0.25) is 0 Å². The highest BCUT2D eigenvalue weighted by molar-refractivity contribution is 4.88. The van der Waals surface area contributed by atoms with E-state index < -0.39 is 0 Å². The van der Waals surface area contributed by atoms with E-state index in [0.29, 0.717) is 0 Å². The minimum Gasteiger partial charge on any atom is -0.306 e. The van der Waals surface area contributed by atoms with Gasteiger partial charge in [-0.1, -0.05) is 0 Å². The van der Waals surface area contributed by atoms with Crippen LogP contribution < -0.4 is 0 Å². The van der Waals surface area contributed by atoms with Crippen LogP contribution in [0, 0.1) is 0 Å².